The fourth-order valence-electron chi connectivity index (χ4n) is 4.04. The molecule has 1 aliphatic rings. The highest BCUT2D eigenvalue weighted by atomic mass is 16.3. The molecule has 34 heavy (non-hydrogen) atoms. The molecule has 0 radical (unpaired) electrons. The Labute approximate surface area is 199 Å². The van der Waals surface area contributed by atoms with Crippen LogP contribution in [-0.2, 0) is 22.6 Å². The maximum absolute atomic E-state index is 13.2. The van der Waals surface area contributed by atoms with Gasteiger partial charge in [-0.1, -0.05) is 42.0 Å². The zero-order chi connectivity index (χ0) is 24.1. The summed E-state index contributed by atoms with van der Waals surface area (Å²) in [6.07, 6.45) is 1.77. The molecule has 7 nitrogen and oxygen atoms in total. The van der Waals surface area contributed by atoms with Crippen molar-refractivity contribution in [2.75, 3.05) is 31.1 Å². The average molecular weight is 460 g/mol. The van der Waals surface area contributed by atoms with E-state index in [9.17, 15) is 14.4 Å². The highest BCUT2D eigenvalue weighted by molar-refractivity contribution is 6.04. The van der Waals surface area contributed by atoms with Gasteiger partial charge in [0.1, 0.15) is 0 Å². The first-order valence-electron chi connectivity index (χ1n) is 11.4. The van der Waals surface area contributed by atoms with Crippen LogP contribution in [0.15, 0.2) is 71.3 Å². The lowest BCUT2D eigenvalue weighted by Gasteiger charge is -2.34. The third-order valence-electron chi connectivity index (χ3n) is 6.12. The normalized spacial score (nSPS) is 13.6. The highest BCUT2D eigenvalue weighted by Gasteiger charge is 2.23. The molecule has 0 N–H and O–H groups in total. The maximum atomic E-state index is 13.2. The number of rotatable bonds is 6. The van der Waals surface area contributed by atoms with Crippen molar-refractivity contribution in [3.63, 3.8) is 0 Å². The molecule has 0 unspecified atom stereocenters. The molecule has 7 heteroatoms. The number of hydrogen-bond acceptors (Lipinski definition) is 4. The molecular weight excluding hydrogens is 430 g/mol. The van der Waals surface area contributed by atoms with E-state index in [4.69, 9.17) is 4.42 Å². The largest absolute Gasteiger partial charge is 0.459 e. The summed E-state index contributed by atoms with van der Waals surface area (Å²) in [6.45, 7) is 6.23. The van der Waals surface area contributed by atoms with Gasteiger partial charge in [-0.15, -0.1) is 0 Å². The van der Waals surface area contributed by atoms with Gasteiger partial charge < -0.3 is 19.1 Å². The Hall–Kier alpha value is -3.87. The summed E-state index contributed by atoms with van der Waals surface area (Å²) in [6, 6.07) is 18.9. The average Bonchev–Trinajstić information content (AvgIpc) is 3.39. The molecule has 1 aromatic heterocycles. The zero-order valence-corrected chi connectivity index (χ0v) is 19.6. The van der Waals surface area contributed by atoms with Crippen molar-refractivity contribution in [1.82, 2.24) is 9.80 Å². The van der Waals surface area contributed by atoms with Gasteiger partial charge in [-0.3, -0.25) is 14.4 Å². The number of aryl methyl sites for hydroxylation is 1. The number of hydrogen-bond donors (Lipinski definition) is 0. The Morgan fingerprint density at radius 2 is 1.47 bits per heavy atom. The molecule has 4 rings (SSSR count). The number of anilines is 1. The van der Waals surface area contributed by atoms with Gasteiger partial charge in [0.2, 0.25) is 11.8 Å². The van der Waals surface area contributed by atoms with Gasteiger partial charge in [0.15, 0.2) is 5.76 Å². The Kier molecular flexibility index (Phi) is 7.11. The Balaban J connectivity index is 1.46. The molecule has 3 aromatic rings. The molecule has 1 saturated heterocycles. The van der Waals surface area contributed by atoms with E-state index < -0.39 is 0 Å². The first kappa shape index (κ1) is 23.3. The number of furan rings is 1. The molecular formula is C27H29N3O4. The summed E-state index contributed by atoms with van der Waals surface area (Å²) in [7, 11) is 0. The molecule has 0 bridgehead atoms. The monoisotopic (exact) mass is 459 g/mol. The van der Waals surface area contributed by atoms with E-state index >= 15 is 0 Å². The number of benzene rings is 2. The van der Waals surface area contributed by atoms with Crippen LogP contribution in [0.4, 0.5) is 5.69 Å². The lowest BCUT2D eigenvalue weighted by molar-refractivity contribution is -0.138. The Morgan fingerprint density at radius 3 is 2.06 bits per heavy atom. The summed E-state index contributed by atoms with van der Waals surface area (Å²) >= 11 is 0. The van der Waals surface area contributed by atoms with Gasteiger partial charge in [-0.05, 0) is 42.3 Å². The predicted octanol–water partition coefficient (Wildman–Crippen LogP) is 3.67. The van der Waals surface area contributed by atoms with Crippen LogP contribution in [0.5, 0.6) is 0 Å². The molecule has 176 valence electrons. The molecule has 2 heterocycles. The van der Waals surface area contributed by atoms with Gasteiger partial charge in [0.05, 0.1) is 19.2 Å². The van der Waals surface area contributed by atoms with E-state index in [2.05, 4.69) is 0 Å². The maximum Gasteiger partial charge on any atom is 0.294 e. The molecule has 0 saturated carbocycles. The summed E-state index contributed by atoms with van der Waals surface area (Å²) in [5.74, 6) is 0.134. The number of amides is 3. The standard InChI is InChI=1S/C27H29N3O4/c1-20-5-7-23(8-6-20)19-30(27(33)25-4-3-17-34-25)24-11-9-22(10-12-24)18-26(32)29-15-13-28(14-16-29)21(2)31/h3-12,17H,13-16,18-19H2,1-2H3. The van der Waals surface area contributed by atoms with Crippen LogP contribution in [0.1, 0.15) is 34.2 Å². The fraction of sp³-hybridized carbons (Fsp3) is 0.296. The van der Waals surface area contributed by atoms with Crippen molar-refractivity contribution in [1.29, 1.82) is 0 Å². The van der Waals surface area contributed by atoms with Gasteiger partial charge in [-0.25, -0.2) is 0 Å². The molecule has 1 aliphatic heterocycles. The minimum atomic E-state index is -0.224. The zero-order valence-electron chi connectivity index (χ0n) is 19.6. The minimum absolute atomic E-state index is 0.0409. The van der Waals surface area contributed by atoms with Crippen LogP contribution >= 0.6 is 0 Å². The minimum Gasteiger partial charge on any atom is -0.459 e. The topological polar surface area (TPSA) is 74.1 Å². The number of carbonyl (C=O) groups is 3. The number of nitrogens with zero attached hydrogens (tertiary/aromatic N) is 3. The summed E-state index contributed by atoms with van der Waals surface area (Å²) in [5, 5.41) is 0. The molecule has 3 amide bonds. The van der Waals surface area contributed by atoms with Crippen molar-refractivity contribution in [3.05, 3.63) is 89.4 Å². The number of carbonyl (C=O) groups excluding carboxylic acids is 3. The second kappa shape index (κ2) is 10.4. The van der Waals surface area contributed by atoms with Crippen LogP contribution in [0, 0.1) is 6.92 Å². The van der Waals surface area contributed by atoms with Crippen LogP contribution < -0.4 is 4.90 Å². The van der Waals surface area contributed by atoms with E-state index in [-0.39, 0.29) is 29.9 Å². The molecule has 0 aliphatic carbocycles. The van der Waals surface area contributed by atoms with Crippen LogP contribution in [0.2, 0.25) is 0 Å². The van der Waals surface area contributed by atoms with Crippen LogP contribution in [0.3, 0.4) is 0 Å². The highest BCUT2D eigenvalue weighted by Crippen LogP contribution is 2.22. The molecule has 2 aromatic carbocycles. The van der Waals surface area contributed by atoms with E-state index in [1.807, 2.05) is 55.5 Å². The lowest BCUT2D eigenvalue weighted by atomic mass is 10.1. The fourth-order valence-corrected chi connectivity index (χ4v) is 4.04. The van der Waals surface area contributed by atoms with Gasteiger partial charge >= 0.3 is 0 Å². The Bertz CT molecular complexity index is 1130. The predicted molar refractivity (Wildman–Crippen MR) is 129 cm³/mol. The second-order valence-electron chi connectivity index (χ2n) is 8.58. The van der Waals surface area contributed by atoms with Gasteiger partial charge in [0.25, 0.3) is 5.91 Å². The van der Waals surface area contributed by atoms with Crippen molar-refractivity contribution in [3.8, 4) is 0 Å². The van der Waals surface area contributed by atoms with E-state index in [0.717, 1.165) is 22.4 Å². The number of piperazine rings is 1. The Morgan fingerprint density at radius 1 is 0.853 bits per heavy atom. The van der Waals surface area contributed by atoms with E-state index in [1.54, 1.807) is 33.8 Å². The van der Waals surface area contributed by atoms with Crippen molar-refractivity contribution >= 4 is 23.4 Å². The van der Waals surface area contributed by atoms with Crippen molar-refractivity contribution in [2.45, 2.75) is 26.8 Å². The van der Waals surface area contributed by atoms with Crippen LogP contribution in [0.25, 0.3) is 0 Å². The second-order valence-corrected chi connectivity index (χ2v) is 8.58. The van der Waals surface area contributed by atoms with Gasteiger partial charge in [0, 0.05) is 38.8 Å². The molecule has 0 spiro atoms. The van der Waals surface area contributed by atoms with Crippen molar-refractivity contribution < 1.29 is 18.8 Å². The first-order chi connectivity index (χ1) is 16.4. The van der Waals surface area contributed by atoms with Crippen molar-refractivity contribution in [2.24, 2.45) is 0 Å². The third kappa shape index (κ3) is 5.54. The smallest absolute Gasteiger partial charge is 0.294 e. The van der Waals surface area contributed by atoms with Crippen LogP contribution in [-0.4, -0.2) is 53.7 Å². The summed E-state index contributed by atoms with van der Waals surface area (Å²) in [5.41, 5.74) is 3.77. The summed E-state index contributed by atoms with van der Waals surface area (Å²) in [4.78, 5) is 42.6. The molecule has 0 atom stereocenters. The SMILES string of the molecule is CC(=O)N1CCN(C(=O)Cc2ccc(N(Cc3ccc(C)cc3)C(=O)c3ccco3)cc2)CC1. The van der Waals surface area contributed by atoms with Gasteiger partial charge in [-0.2, -0.15) is 0 Å². The lowest BCUT2D eigenvalue weighted by Crippen LogP contribution is -2.50. The summed E-state index contributed by atoms with van der Waals surface area (Å²) < 4.78 is 5.35. The quantitative estimate of drug-likeness (QED) is 0.564. The third-order valence-corrected chi connectivity index (χ3v) is 6.12. The van der Waals surface area contributed by atoms with E-state index in [1.165, 1.54) is 6.26 Å². The van der Waals surface area contributed by atoms with E-state index in [0.29, 0.717) is 32.7 Å². The molecule has 1 fully saturated rings. The first-order valence-corrected chi connectivity index (χ1v) is 11.4.